The van der Waals surface area contributed by atoms with Gasteiger partial charge in [-0.2, -0.15) is 10.1 Å². The number of thiophene rings is 1. The van der Waals surface area contributed by atoms with E-state index in [4.69, 9.17) is 0 Å². The molecule has 1 aliphatic heterocycles. The molecular weight excluding hydrogens is 304 g/mol. The number of fused-ring (bicyclic) bond motifs is 1. The van der Waals surface area contributed by atoms with Gasteiger partial charge >= 0.3 is 0 Å². The summed E-state index contributed by atoms with van der Waals surface area (Å²) in [4.78, 5) is 5.67. The van der Waals surface area contributed by atoms with Gasteiger partial charge in [0.15, 0.2) is 0 Å². The summed E-state index contributed by atoms with van der Waals surface area (Å²) in [6, 6.07) is 11.0. The van der Waals surface area contributed by atoms with E-state index < -0.39 is 0 Å². The Balaban J connectivity index is 1.78. The minimum absolute atomic E-state index is 0.0922. The molecule has 1 unspecified atom stereocenters. The number of rotatable bonds is 3. The van der Waals surface area contributed by atoms with Crippen molar-refractivity contribution in [2.24, 2.45) is 0 Å². The predicted octanol–water partition coefficient (Wildman–Crippen LogP) is 4.27. The fourth-order valence-electron chi connectivity index (χ4n) is 2.90. The van der Waals surface area contributed by atoms with E-state index in [1.165, 1.54) is 21.6 Å². The number of anilines is 1. The zero-order valence-corrected chi connectivity index (χ0v) is 14.0. The first-order chi connectivity index (χ1) is 11.3. The highest BCUT2D eigenvalue weighted by Gasteiger charge is 2.25. The van der Waals surface area contributed by atoms with Gasteiger partial charge in [-0.05, 0) is 47.6 Å². The van der Waals surface area contributed by atoms with Gasteiger partial charge in [-0.15, -0.1) is 11.3 Å². The van der Waals surface area contributed by atoms with Crippen LogP contribution in [0.25, 0.3) is 5.70 Å². The van der Waals surface area contributed by atoms with Crippen molar-refractivity contribution in [1.82, 2.24) is 14.8 Å². The minimum Gasteiger partial charge on any atom is -0.324 e. The van der Waals surface area contributed by atoms with E-state index in [0.717, 1.165) is 18.1 Å². The first-order valence-corrected chi connectivity index (χ1v) is 8.66. The van der Waals surface area contributed by atoms with Crippen LogP contribution in [0.5, 0.6) is 0 Å². The Morgan fingerprint density at radius 2 is 2.04 bits per heavy atom. The van der Waals surface area contributed by atoms with E-state index in [2.05, 4.69) is 71.0 Å². The van der Waals surface area contributed by atoms with Crippen molar-refractivity contribution in [3.05, 3.63) is 69.7 Å². The lowest BCUT2D eigenvalue weighted by Gasteiger charge is -2.24. The Morgan fingerprint density at radius 3 is 2.74 bits per heavy atom. The van der Waals surface area contributed by atoms with Gasteiger partial charge in [-0.1, -0.05) is 31.2 Å². The van der Waals surface area contributed by atoms with E-state index >= 15 is 0 Å². The molecule has 4 rings (SSSR count). The van der Waals surface area contributed by atoms with Crippen LogP contribution in [0.2, 0.25) is 0 Å². The van der Waals surface area contributed by atoms with E-state index in [9.17, 15) is 0 Å². The average Bonchev–Trinajstić information content (AvgIpc) is 3.22. The average molecular weight is 322 g/mol. The van der Waals surface area contributed by atoms with Crippen LogP contribution in [0.1, 0.15) is 34.5 Å². The van der Waals surface area contributed by atoms with E-state index in [0.29, 0.717) is 0 Å². The third-order valence-corrected chi connectivity index (χ3v) is 5.34. The summed E-state index contributed by atoms with van der Waals surface area (Å²) in [5.41, 5.74) is 4.90. The smallest absolute Gasteiger partial charge is 0.226 e. The lowest BCUT2D eigenvalue weighted by atomic mass is 10.0. The molecule has 0 spiro atoms. The molecule has 0 bridgehead atoms. The Labute approximate surface area is 139 Å². The van der Waals surface area contributed by atoms with E-state index in [-0.39, 0.29) is 6.04 Å². The molecule has 0 amide bonds. The standard InChI is InChI=1S/C18H18N4S/c1-3-13-4-6-14(7-5-13)15-10-16(17-12(2)8-9-23-17)22-18(21-15)19-11-20-22/h4-11,16H,3H2,1-2H3,(H,19,20,21). The molecule has 3 aromatic rings. The van der Waals surface area contributed by atoms with Crippen LogP contribution in [0.4, 0.5) is 5.95 Å². The minimum atomic E-state index is 0.0922. The number of hydrogen-bond acceptors (Lipinski definition) is 4. The van der Waals surface area contributed by atoms with Crippen LogP contribution < -0.4 is 5.32 Å². The van der Waals surface area contributed by atoms with Crippen LogP contribution >= 0.6 is 11.3 Å². The fraction of sp³-hybridized carbons (Fsp3) is 0.222. The lowest BCUT2D eigenvalue weighted by molar-refractivity contribution is 0.618. The van der Waals surface area contributed by atoms with Crippen LogP contribution in [-0.4, -0.2) is 14.8 Å². The summed E-state index contributed by atoms with van der Waals surface area (Å²) in [6.45, 7) is 4.32. The zero-order chi connectivity index (χ0) is 15.8. The summed E-state index contributed by atoms with van der Waals surface area (Å²) in [6.07, 6.45) is 4.90. The largest absolute Gasteiger partial charge is 0.324 e. The van der Waals surface area contributed by atoms with E-state index in [1.807, 2.05) is 4.68 Å². The fourth-order valence-corrected chi connectivity index (χ4v) is 3.88. The second-order valence-electron chi connectivity index (χ2n) is 5.70. The van der Waals surface area contributed by atoms with Gasteiger partial charge in [-0.3, -0.25) is 0 Å². The summed E-state index contributed by atoms with van der Waals surface area (Å²) in [5, 5.41) is 9.92. The van der Waals surface area contributed by atoms with Gasteiger partial charge < -0.3 is 5.32 Å². The Bertz CT molecular complexity index is 857. The molecule has 0 fully saturated rings. The molecule has 116 valence electrons. The molecule has 1 N–H and O–H groups in total. The summed E-state index contributed by atoms with van der Waals surface area (Å²) in [7, 11) is 0. The van der Waals surface area contributed by atoms with Gasteiger partial charge in [0.05, 0.1) is 0 Å². The molecule has 0 aliphatic carbocycles. The normalized spacial score (nSPS) is 16.6. The molecule has 0 saturated heterocycles. The number of hydrogen-bond donors (Lipinski definition) is 1. The highest BCUT2D eigenvalue weighted by atomic mass is 32.1. The first-order valence-electron chi connectivity index (χ1n) is 7.78. The number of nitrogens with one attached hydrogen (secondary N) is 1. The Kier molecular flexibility index (Phi) is 3.50. The molecule has 0 radical (unpaired) electrons. The topological polar surface area (TPSA) is 42.7 Å². The SMILES string of the molecule is CCc1ccc(C2=CC(c3sccc3C)n3ncnc3N2)cc1. The molecule has 3 heterocycles. The quantitative estimate of drug-likeness (QED) is 0.783. The molecule has 1 aromatic carbocycles. The van der Waals surface area contributed by atoms with Gasteiger partial charge in [0.25, 0.3) is 0 Å². The predicted molar refractivity (Wildman–Crippen MR) is 94.6 cm³/mol. The van der Waals surface area contributed by atoms with Crippen molar-refractivity contribution < 1.29 is 0 Å². The number of benzene rings is 1. The van der Waals surface area contributed by atoms with Crippen molar-refractivity contribution >= 4 is 23.0 Å². The van der Waals surface area contributed by atoms with Gasteiger partial charge in [0, 0.05) is 10.6 Å². The maximum Gasteiger partial charge on any atom is 0.226 e. The zero-order valence-electron chi connectivity index (χ0n) is 13.2. The third kappa shape index (κ3) is 2.47. The Morgan fingerprint density at radius 1 is 1.22 bits per heavy atom. The van der Waals surface area contributed by atoms with Gasteiger partial charge in [0.2, 0.25) is 5.95 Å². The maximum atomic E-state index is 4.40. The second kappa shape index (κ2) is 5.66. The van der Waals surface area contributed by atoms with Crippen molar-refractivity contribution in [3.63, 3.8) is 0 Å². The monoisotopic (exact) mass is 322 g/mol. The van der Waals surface area contributed by atoms with Crippen molar-refractivity contribution in [1.29, 1.82) is 0 Å². The molecule has 23 heavy (non-hydrogen) atoms. The molecule has 5 heteroatoms. The molecule has 1 atom stereocenters. The lowest BCUT2D eigenvalue weighted by Crippen LogP contribution is -2.20. The number of aromatic nitrogens is 3. The van der Waals surface area contributed by atoms with Crippen LogP contribution in [0.15, 0.2) is 48.1 Å². The Hall–Kier alpha value is -2.40. The molecule has 1 aliphatic rings. The molecule has 4 nitrogen and oxygen atoms in total. The number of allylic oxidation sites excluding steroid dienone is 1. The third-order valence-electron chi connectivity index (χ3n) is 4.25. The molecule has 2 aromatic heterocycles. The van der Waals surface area contributed by atoms with Crippen molar-refractivity contribution in [3.8, 4) is 0 Å². The molecule has 0 saturated carbocycles. The number of nitrogens with zero attached hydrogens (tertiary/aromatic N) is 3. The summed E-state index contributed by atoms with van der Waals surface area (Å²) < 4.78 is 1.95. The second-order valence-corrected chi connectivity index (χ2v) is 6.64. The number of aryl methyl sites for hydroxylation is 2. The highest BCUT2D eigenvalue weighted by molar-refractivity contribution is 7.10. The van der Waals surface area contributed by atoms with Crippen molar-refractivity contribution in [2.45, 2.75) is 26.3 Å². The van der Waals surface area contributed by atoms with Crippen LogP contribution in [0.3, 0.4) is 0 Å². The maximum absolute atomic E-state index is 4.40. The summed E-state index contributed by atoms with van der Waals surface area (Å²) >= 11 is 1.77. The summed E-state index contributed by atoms with van der Waals surface area (Å²) in [5.74, 6) is 0.792. The highest BCUT2D eigenvalue weighted by Crippen LogP contribution is 2.35. The van der Waals surface area contributed by atoms with E-state index in [1.54, 1.807) is 17.7 Å². The first kappa shape index (κ1) is 14.2. The molecular formula is C18H18N4S. The van der Waals surface area contributed by atoms with Gasteiger partial charge in [-0.25, -0.2) is 4.68 Å². The van der Waals surface area contributed by atoms with Gasteiger partial charge in [0.1, 0.15) is 12.4 Å². The van der Waals surface area contributed by atoms with Crippen LogP contribution in [0, 0.1) is 6.92 Å². The van der Waals surface area contributed by atoms with Crippen LogP contribution in [-0.2, 0) is 6.42 Å². The van der Waals surface area contributed by atoms with Crippen molar-refractivity contribution in [2.75, 3.05) is 5.32 Å².